The highest BCUT2D eigenvalue weighted by molar-refractivity contribution is 5.89. The van der Waals surface area contributed by atoms with Crippen molar-refractivity contribution in [2.45, 2.75) is 25.4 Å². The minimum Gasteiger partial charge on any atom is -0.372 e. The molecule has 0 aliphatic rings. The van der Waals surface area contributed by atoms with Crippen molar-refractivity contribution in [1.29, 1.82) is 0 Å². The van der Waals surface area contributed by atoms with Crippen molar-refractivity contribution in [3.05, 3.63) is 71.8 Å². The Hall–Kier alpha value is -2.13. The predicted octanol–water partition coefficient (Wildman–Crippen LogP) is 3.18. The van der Waals surface area contributed by atoms with E-state index >= 15 is 0 Å². The average molecular weight is 297 g/mol. The molecule has 0 radical (unpaired) electrons. The second kappa shape index (κ2) is 7.23. The van der Waals surface area contributed by atoms with Gasteiger partial charge in [-0.15, -0.1) is 0 Å². The van der Waals surface area contributed by atoms with Gasteiger partial charge in [0.1, 0.15) is 0 Å². The summed E-state index contributed by atoms with van der Waals surface area (Å²) in [6.07, 6.45) is 1.93. The maximum absolute atomic E-state index is 12.9. The summed E-state index contributed by atoms with van der Waals surface area (Å²) in [6.45, 7) is 2.72. The van der Waals surface area contributed by atoms with Crippen LogP contribution in [-0.2, 0) is 10.4 Å². The van der Waals surface area contributed by atoms with Crippen molar-refractivity contribution >= 4 is 5.91 Å². The first-order chi connectivity index (χ1) is 10.6. The van der Waals surface area contributed by atoms with Crippen molar-refractivity contribution in [3.8, 4) is 0 Å². The number of hydrogen-bond acceptors (Lipinski definition) is 2. The molecule has 2 aromatic rings. The van der Waals surface area contributed by atoms with E-state index in [0.29, 0.717) is 17.7 Å². The highest BCUT2D eigenvalue weighted by atomic mass is 16.3. The first-order valence-corrected chi connectivity index (χ1v) is 7.69. The van der Waals surface area contributed by atoms with Crippen LogP contribution in [0, 0.1) is 0 Å². The van der Waals surface area contributed by atoms with Crippen LogP contribution in [0.2, 0.25) is 0 Å². The Morgan fingerprint density at radius 1 is 1.00 bits per heavy atom. The molecular formula is C19H23NO2. The number of amides is 1. The monoisotopic (exact) mass is 297 g/mol. The Kier molecular flexibility index (Phi) is 5.34. The van der Waals surface area contributed by atoms with Gasteiger partial charge < -0.3 is 10.0 Å². The largest absolute Gasteiger partial charge is 0.372 e. The maximum atomic E-state index is 12.9. The third-order valence-electron chi connectivity index (χ3n) is 3.89. The number of aliphatic hydroxyl groups is 1. The number of unbranched alkanes of at least 4 members (excludes halogenated alkanes) is 1. The van der Waals surface area contributed by atoms with E-state index in [1.54, 1.807) is 36.2 Å². The first kappa shape index (κ1) is 16.2. The zero-order valence-electron chi connectivity index (χ0n) is 13.2. The molecule has 2 aromatic carbocycles. The molecule has 0 heterocycles. The Balaban J connectivity index is 2.45. The third kappa shape index (κ3) is 3.20. The molecule has 1 amide bonds. The zero-order chi connectivity index (χ0) is 16.0. The van der Waals surface area contributed by atoms with Gasteiger partial charge in [-0.1, -0.05) is 74.0 Å². The number of benzene rings is 2. The molecule has 0 bridgehead atoms. The molecule has 1 N–H and O–H groups in total. The van der Waals surface area contributed by atoms with Gasteiger partial charge in [0.25, 0.3) is 5.91 Å². The van der Waals surface area contributed by atoms with Gasteiger partial charge in [0.05, 0.1) is 0 Å². The van der Waals surface area contributed by atoms with Gasteiger partial charge in [-0.3, -0.25) is 4.79 Å². The number of carbonyl (C=O) groups excluding carboxylic acids is 1. The van der Waals surface area contributed by atoms with Crippen molar-refractivity contribution in [2.24, 2.45) is 0 Å². The molecule has 0 spiro atoms. The highest BCUT2D eigenvalue weighted by Crippen LogP contribution is 2.31. The van der Waals surface area contributed by atoms with Crippen molar-refractivity contribution in [3.63, 3.8) is 0 Å². The molecule has 3 nitrogen and oxygen atoms in total. The number of likely N-dealkylation sites (N-methyl/N-ethyl adjacent to an activating group) is 1. The lowest BCUT2D eigenvalue weighted by atomic mass is 9.85. The summed E-state index contributed by atoms with van der Waals surface area (Å²) in [4.78, 5) is 14.6. The molecule has 0 saturated heterocycles. The van der Waals surface area contributed by atoms with Crippen molar-refractivity contribution < 1.29 is 9.90 Å². The highest BCUT2D eigenvalue weighted by Gasteiger charge is 2.41. The third-order valence-corrected chi connectivity index (χ3v) is 3.89. The molecule has 0 aliphatic heterocycles. The van der Waals surface area contributed by atoms with Gasteiger partial charge >= 0.3 is 0 Å². The summed E-state index contributed by atoms with van der Waals surface area (Å²) in [5.74, 6) is -0.293. The molecule has 0 saturated carbocycles. The fraction of sp³-hybridized carbons (Fsp3) is 0.316. The maximum Gasteiger partial charge on any atom is 0.263 e. The molecule has 116 valence electrons. The van der Waals surface area contributed by atoms with Crippen LogP contribution in [0.1, 0.15) is 30.9 Å². The smallest absolute Gasteiger partial charge is 0.263 e. The van der Waals surface area contributed by atoms with Crippen LogP contribution in [0.5, 0.6) is 0 Å². The van der Waals surface area contributed by atoms with Gasteiger partial charge in [0.2, 0.25) is 0 Å². The van der Waals surface area contributed by atoms with E-state index in [-0.39, 0.29) is 5.91 Å². The normalized spacial score (nSPS) is 11.2. The number of nitrogens with zero attached hydrogens (tertiary/aromatic N) is 1. The van der Waals surface area contributed by atoms with Gasteiger partial charge in [0, 0.05) is 13.6 Å². The number of carbonyl (C=O) groups is 1. The molecule has 3 heteroatoms. The standard InChI is InChI=1S/C19H23NO2/c1-3-4-15-20(2)18(21)19(22,16-11-7-5-8-12-16)17-13-9-6-10-14-17/h5-14,22H,3-4,15H2,1-2H3. The Labute approximate surface area is 132 Å². The quantitative estimate of drug-likeness (QED) is 0.889. The van der Waals surface area contributed by atoms with Crippen LogP contribution in [-0.4, -0.2) is 29.5 Å². The minimum atomic E-state index is -1.65. The topological polar surface area (TPSA) is 40.5 Å². The Morgan fingerprint density at radius 2 is 1.45 bits per heavy atom. The van der Waals surface area contributed by atoms with Crippen molar-refractivity contribution in [1.82, 2.24) is 4.90 Å². The van der Waals surface area contributed by atoms with Crippen LogP contribution in [0.25, 0.3) is 0 Å². The number of rotatable bonds is 6. The molecule has 0 atom stereocenters. The Bertz CT molecular complexity index is 556. The van der Waals surface area contributed by atoms with Gasteiger partial charge in [-0.25, -0.2) is 0 Å². The van der Waals surface area contributed by atoms with E-state index in [0.717, 1.165) is 12.8 Å². The lowest BCUT2D eigenvalue weighted by Crippen LogP contribution is -2.46. The van der Waals surface area contributed by atoms with Crippen molar-refractivity contribution in [2.75, 3.05) is 13.6 Å². The fourth-order valence-corrected chi connectivity index (χ4v) is 2.55. The van der Waals surface area contributed by atoms with E-state index < -0.39 is 5.60 Å². The molecule has 0 fully saturated rings. The summed E-state index contributed by atoms with van der Waals surface area (Å²) in [5, 5.41) is 11.3. The molecule has 0 aromatic heterocycles. The van der Waals surface area contributed by atoms with Crippen LogP contribution in [0.3, 0.4) is 0 Å². The average Bonchev–Trinajstić information content (AvgIpc) is 2.59. The van der Waals surface area contributed by atoms with E-state index in [9.17, 15) is 9.90 Å². The van der Waals surface area contributed by atoms with Crippen LogP contribution in [0.15, 0.2) is 60.7 Å². The zero-order valence-corrected chi connectivity index (χ0v) is 13.2. The van der Waals surface area contributed by atoms with Gasteiger partial charge in [-0.2, -0.15) is 0 Å². The lowest BCUT2D eigenvalue weighted by Gasteiger charge is -2.32. The van der Waals surface area contributed by atoms with Gasteiger partial charge in [0.15, 0.2) is 5.60 Å². The summed E-state index contributed by atoms with van der Waals surface area (Å²) in [5.41, 5.74) is -0.463. The van der Waals surface area contributed by atoms with E-state index in [1.165, 1.54) is 0 Å². The van der Waals surface area contributed by atoms with E-state index in [4.69, 9.17) is 0 Å². The second-order valence-electron chi connectivity index (χ2n) is 5.52. The predicted molar refractivity (Wildman–Crippen MR) is 88.4 cm³/mol. The fourth-order valence-electron chi connectivity index (χ4n) is 2.55. The van der Waals surface area contributed by atoms with Crippen LogP contribution < -0.4 is 0 Å². The molecule has 2 rings (SSSR count). The van der Waals surface area contributed by atoms with E-state index in [2.05, 4.69) is 6.92 Å². The summed E-state index contributed by atoms with van der Waals surface area (Å²) in [6, 6.07) is 18.3. The number of hydrogen-bond donors (Lipinski definition) is 1. The SMILES string of the molecule is CCCCN(C)C(=O)C(O)(c1ccccc1)c1ccccc1. The Morgan fingerprint density at radius 3 is 1.86 bits per heavy atom. The summed E-state index contributed by atoms with van der Waals surface area (Å²) in [7, 11) is 1.74. The lowest BCUT2D eigenvalue weighted by molar-refractivity contribution is -0.146. The van der Waals surface area contributed by atoms with E-state index in [1.807, 2.05) is 36.4 Å². The molecule has 22 heavy (non-hydrogen) atoms. The summed E-state index contributed by atoms with van der Waals surface area (Å²) >= 11 is 0. The minimum absolute atomic E-state index is 0.293. The van der Waals surface area contributed by atoms with Gasteiger partial charge in [-0.05, 0) is 17.5 Å². The molecular weight excluding hydrogens is 274 g/mol. The second-order valence-corrected chi connectivity index (χ2v) is 5.52. The molecule has 0 unspecified atom stereocenters. The first-order valence-electron chi connectivity index (χ1n) is 7.69. The summed E-state index contributed by atoms with van der Waals surface area (Å²) < 4.78 is 0. The van der Waals surface area contributed by atoms with Crippen LogP contribution in [0.4, 0.5) is 0 Å². The van der Waals surface area contributed by atoms with Crippen LogP contribution >= 0.6 is 0 Å². The molecule has 0 aliphatic carbocycles.